The van der Waals surface area contributed by atoms with Crippen LogP contribution in [0.25, 0.3) is 0 Å². The van der Waals surface area contributed by atoms with Crippen LogP contribution in [0.3, 0.4) is 0 Å². The lowest BCUT2D eigenvalue weighted by Crippen LogP contribution is -1.93. The van der Waals surface area contributed by atoms with Crippen LogP contribution < -0.4 is 5.32 Å². The van der Waals surface area contributed by atoms with Crippen molar-refractivity contribution < 1.29 is 0 Å². The molecule has 0 aromatic carbocycles. The van der Waals surface area contributed by atoms with E-state index in [1.54, 1.807) is 0 Å². The molecule has 0 radical (unpaired) electrons. The molecule has 1 nitrogen and oxygen atoms in total. The largest absolute Gasteiger partial charge is 0.394 e. The number of terminal acetylenes is 1. The van der Waals surface area contributed by atoms with Crippen LogP contribution in [0.2, 0.25) is 0 Å². The fraction of sp³-hybridized carbons (Fsp3) is 0.636. The number of hydrogen-bond acceptors (Lipinski definition) is 1. The Morgan fingerprint density at radius 2 is 1.58 bits per heavy atom. The lowest BCUT2D eigenvalue weighted by Gasteiger charge is -1.91. The van der Waals surface area contributed by atoms with E-state index in [4.69, 9.17) is 0 Å². The Labute approximate surface area is 78.3 Å². The first-order valence-electron chi connectivity index (χ1n) is 4.39. The van der Waals surface area contributed by atoms with Gasteiger partial charge in [0.1, 0.15) is 0 Å². The van der Waals surface area contributed by atoms with Gasteiger partial charge in [0.2, 0.25) is 0 Å². The van der Waals surface area contributed by atoms with E-state index in [0.29, 0.717) is 0 Å². The minimum Gasteiger partial charge on any atom is -0.394 e. The molecule has 0 heterocycles. The van der Waals surface area contributed by atoms with Crippen LogP contribution in [0, 0.1) is 12.8 Å². The summed E-state index contributed by atoms with van der Waals surface area (Å²) in [6.07, 6.45) is 12.4. The first-order chi connectivity index (χ1) is 5.72. The third-order valence-corrected chi connectivity index (χ3v) is 0.948. The molecule has 0 saturated carbocycles. The number of rotatable bonds is 2. The molecule has 0 aliphatic carbocycles. The van der Waals surface area contributed by atoms with Crippen LogP contribution in [0.1, 0.15) is 40.5 Å². The molecule has 0 aliphatic rings. The molecule has 1 heteroatoms. The Balaban J connectivity index is -0.000000137. The van der Waals surface area contributed by atoms with Crippen molar-refractivity contribution in [3.05, 3.63) is 11.8 Å². The molecule has 0 aliphatic heterocycles. The lowest BCUT2D eigenvalue weighted by molar-refractivity contribution is 1.01. The highest BCUT2D eigenvalue weighted by Gasteiger charge is 1.76. The summed E-state index contributed by atoms with van der Waals surface area (Å²) in [5, 5.41) is 2.96. The fourth-order valence-electron chi connectivity index (χ4n) is 0.348. The molecule has 0 unspecified atom stereocenters. The molecule has 0 atom stereocenters. The molecule has 12 heavy (non-hydrogen) atoms. The van der Waals surface area contributed by atoms with E-state index in [-0.39, 0.29) is 0 Å². The first-order valence-corrected chi connectivity index (χ1v) is 4.39. The lowest BCUT2D eigenvalue weighted by atomic mass is 10.3. The van der Waals surface area contributed by atoms with Crippen molar-refractivity contribution in [1.29, 1.82) is 0 Å². The van der Waals surface area contributed by atoms with Gasteiger partial charge in [0.05, 0.1) is 0 Å². The zero-order valence-corrected chi connectivity index (χ0v) is 9.15. The Hall–Kier alpha value is -0.900. The van der Waals surface area contributed by atoms with Crippen LogP contribution in [0.15, 0.2) is 11.8 Å². The third kappa shape index (κ3) is 35.5. The summed E-state index contributed by atoms with van der Waals surface area (Å²) in [7, 11) is 1.92. The van der Waals surface area contributed by atoms with E-state index in [1.165, 1.54) is 12.0 Å². The predicted octanol–water partition coefficient (Wildman–Crippen LogP) is 3.19. The van der Waals surface area contributed by atoms with Gasteiger partial charge in [0, 0.05) is 7.05 Å². The Bertz CT molecular complexity index is 101. The first kappa shape index (κ1) is 17.3. The molecule has 72 valence electrons. The molecule has 0 amide bonds. The number of nitrogens with one attached hydrogen (secondary N) is 1. The van der Waals surface area contributed by atoms with E-state index in [0.717, 1.165) is 6.42 Å². The van der Waals surface area contributed by atoms with Crippen molar-refractivity contribution in [3.63, 3.8) is 0 Å². The SMILES string of the molecule is C#C.CC/C(C)=C\NC.CCC. The monoisotopic (exact) mass is 169 g/mol. The van der Waals surface area contributed by atoms with E-state index < -0.39 is 0 Å². The maximum atomic E-state index is 4.00. The quantitative estimate of drug-likeness (QED) is 0.626. The van der Waals surface area contributed by atoms with Crippen molar-refractivity contribution in [2.75, 3.05) is 7.05 Å². The number of allylic oxidation sites excluding steroid dienone is 1. The second-order valence-electron chi connectivity index (χ2n) is 2.34. The second-order valence-corrected chi connectivity index (χ2v) is 2.34. The normalized spacial score (nSPS) is 8.42. The zero-order chi connectivity index (χ0) is 10.4. The zero-order valence-electron chi connectivity index (χ0n) is 9.15. The Kier molecular flexibility index (Phi) is 32.3. The van der Waals surface area contributed by atoms with Gasteiger partial charge in [-0.2, -0.15) is 0 Å². The second kappa shape index (κ2) is 22.5. The summed E-state index contributed by atoms with van der Waals surface area (Å²) in [4.78, 5) is 0. The summed E-state index contributed by atoms with van der Waals surface area (Å²) < 4.78 is 0. The molecular weight excluding hydrogens is 146 g/mol. The summed E-state index contributed by atoms with van der Waals surface area (Å²) in [6.45, 7) is 8.50. The molecule has 0 saturated heterocycles. The summed E-state index contributed by atoms with van der Waals surface area (Å²) in [6, 6.07) is 0. The van der Waals surface area contributed by atoms with Gasteiger partial charge in [-0.25, -0.2) is 0 Å². The Morgan fingerprint density at radius 1 is 1.25 bits per heavy atom. The van der Waals surface area contributed by atoms with Crippen LogP contribution in [-0.2, 0) is 0 Å². The van der Waals surface area contributed by atoms with E-state index in [9.17, 15) is 0 Å². The molecule has 0 spiro atoms. The summed E-state index contributed by atoms with van der Waals surface area (Å²) >= 11 is 0. The van der Waals surface area contributed by atoms with Gasteiger partial charge in [-0.15, -0.1) is 12.8 Å². The van der Waals surface area contributed by atoms with Crippen molar-refractivity contribution in [3.8, 4) is 12.8 Å². The topological polar surface area (TPSA) is 12.0 Å². The number of hydrogen-bond donors (Lipinski definition) is 1. The standard InChI is InChI=1S/C6H13N.C3H8.C2H2/c1-4-6(2)5-7-3;1-3-2;1-2/h5,7H,4H2,1-3H3;3H2,1-2H3;1-2H/b6-5-;;. The van der Waals surface area contributed by atoms with Gasteiger partial charge in [0.15, 0.2) is 0 Å². The van der Waals surface area contributed by atoms with Gasteiger partial charge in [-0.1, -0.05) is 32.8 Å². The van der Waals surface area contributed by atoms with Gasteiger partial charge in [0.25, 0.3) is 0 Å². The average Bonchev–Trinajstić information content (AvgIpc) is 2.10. The molecule has 0 aromatic rings. The molecule has 1 N–H and O–H groups in total. The van der Waals surface area contributed by atoms with Crippen molar-refractivity contribution in [2.45, 2.75) is 40.5 Å². The molecule has 0 fully saturated rings. The third-order valence-electron chi connectivity index (χ3n) is 0.948. The smallest absolute Gasteiger partial charge is 0.00276 e. The highest BCUT2D eigenvalue weighted by Crippen LogP contribution is 1.93. The molecule has 0 aromatic heterocycles. The van der Waals surface area contributed by atoms with Gasteiger partial charge in [-0.3, -0.25) is 0 Å². The van der Waals surface area contributed by atoms with Crippen molar-refractivity contribution in [2.24, 2.45) is 0 Å². The van der Waals surface area contributed by atoms with Gasteiger partial charge < -0.3 is 5.32 Å². The molecule has 0 rings (SSSR count). The van der Waals surface area contributed by atoms with Crippen LogP contribution >= 0.6 is 0 Å². The van der Waals surface area contributed by atoms with Crippen molar-refractivity contribution in [1.82, 2.24) is 5.32 Å². The maximum absolute atomic E-state index is 4.00. The van der Waals surface area contributed by atoms with Crippen LogP contribution in [0.4, 0.5) is 0 Å². The minimum absolute atomic E-state index is 1.14. The van der Waals surface area contributed by atoms with Gasteiger partial charge >= 0.3 is 0 Å². The highest BCUT2D eigenvalue weighted by molar-refractivity contribution is 4.93. The maximum Gasteiger partial charge on any atom is 0.00276 e. The highest BCUT2D eigenvalue weighted by atomic mass is 14.8. The average molecular weight is 169 g/mol. The van der Waals surface area contributed by atoms with Crippen molar-refractivity contribution >= 4 is 0 Å². The minimum atomic E-state index is 1.14. The van der Waals surface area contributed by atoms with E-state index in [1.807, 2.05) is 13.2 Å². The molecule has 0 bridgehead atoms. The summed E-state index contributed by atoms with van der Waals surface area (Å²) in [5.41, 5.74) is 1.39. The summed E-state index contributed by atoms with van der Waals surface area (Å²) in [5.74, 6) is 0. The van der Waals surface area contributed by atoms with E-state index in [2.05, 4.69) is 45.9 Å². The fourth-order valence-corrected chi connectivity index (χ4v) is 0.348. The predicted molar refractivity (Wildman–Crippen MR) is 59.0 cm³/mol. The van der Waals surface area contributed by atoms with Crippen LogP contribution in [-0.4, -0.2) is 7.05 Å². The van der Waals surface area contributed by atoms with Crippen LogP contribution in [0.5, 0.6) is 0 Å². The van der Waals surface area contributed by atoms with Gasteiger partial charge in [-0.05, 0) is 19.5 Å². The van der Waals surface area contributed by atoms with E-state index >= 15 is 0 Å². The Morgan fingerprint density at radius 3 is 1.67 bits per heavy atom. The molecular formula is C11H23N.